The standard InChI is InChI=1S/C20H20N4O4S/c25-18(13-21-19-16-5-1-2-6-17(16)29(27,28)23-19)22-15-9-7-14(8-10-15)20(26)24-11-3-4-12-24/h1-2,5-10H,3-4,11-13H2,(H,21,23)(H,22,25). The van der Waals surface area contributed by atoms with E-state index in [0.717, 1.165) is 25.9 Å². The fourth-order valence-corrected chi connectivity index (χ4v) is 4.65. The molecule has 2 amide bonds. The summed E-state index contributed by atoms with van der Waals surface area (Å²) >= 11 is 0. The molecule has 4 rings (SSSR count). The molecule has 0 saturated carbocycles. The van der Waals surface area contributed by atoms with Crippen LogP contribution in [0.3, 0.4) is 0 Å². The molecule has 2 aliphatic rings. The molecular formula is C20H20N4O4S. The summed E-state index contributed by atoms with van der Waals surface area (Å²) in [5.74, 6) is -0.235. The number of hydrogen-bond acceptors (Lipinski definition) is 5. The highest BCUT2D eigenvalue weighted by Gasteiger charge is 2.30. The van der Waals surface area contributed by atoms with Crippen LogP contribution in [0.5, 0.6) is 0 Å². The molecule has 0 aromatic heterocycles. The fraction of sp³-hybridized carbons (Fsp3) is 0.250. The van der Waals surface area contributed by atoms with E-state index in [1.807, 2.05) is 4.90 Å². The van der Waals surface area contributed by atoms with Gasteiger partial charge in [-0.2, -0.15) is 0 Å². The first kappa shape index (κ1) is 19.1. The first-order chi connectivity index (χ1) is 13.9. The summed E-state index contributed by atoms with van der Waals surface area (Å²) in [5, 5.41) is 2.70. The summed E-state index contributed by atoms with van der Waals surface area (Å²) in [7, 11) is -3.63. The predicted octanol–water partition coefficient (Wildman–Crippen LogP) is 1.60. The molecular weight excluding hydrogens is 392 g/mol. The summed E-state index contributed by atoms with van der Waals surface area (Å²) in [6.07, 6.45) is 2.06. The second-order valence-corrected chi connectivity index (χ2v) is 8.54. The van der Waals surface area contributed by atoms with E-state index in [2.05, 4.69) is 15.0 Å². The van der Waals surface area contributed by atoms with Crippen LogP contribution in [0.2, 0.25) is 0 Å². The van der Waals surface area contributed by atoms with E-state index in [1.165, 1.54) is 6.07 Å². The van der Waals surface area contributed by atoms with Gasteiger partial charge in [-0.1, -0.05) is 12.1 Å². The number of anilines is 1. The molecule has 0 radical (unpaired) electrons. The van der Waals surface area contributed by atoms with Crippen molar-refractivity contribution >= 4 is 33.4 Å². The Hall–Kier alpha value is -3.20. The number of benzene rings is 2. The maximum absolute atomic E-state index is 12.3. The van der Waals surface area contributed by atoms with Crippen LogP contribution in [-0.2, 0) is 14.8 Å². The molecule has 0 aliphatic carbocycles. The Bertz CT molecular complexity index is 1090. The van der Waals surface area contributed by atoms with E-state index in [9.17, 15) is 18.0 Å². The maximum Gasteiger partial charge on any atom is 0.263 e. The molecule has 0 bridgehead atoms. The van der Waals surface area contributed by atoms with Gasteiger partial charge in [-0.3, -0.25) is 19.3 Å². The number of sulfonamides is 1. The smallest absolute Gasteiger partial charge is 0.263 e. The van der Waals surface area contributed by atoms with Crippen molar-refractivity contribution < 1.29 is 18.0 Å². The van der Waals surface area contributed by atoms with Gasteiger partial charge in [-0.05, 0) is 49.2 Å². The first-order valence-corrected chi connectivity index (χ1v) is 10.8. The van der Waals surface area contributed by atoms with Gasteiger partial charge in [0.1, 0.15) is 12.4 Å². The summed E-state index contributed by atoms with van der Waals surface area (Å²) in [6, 6.07) is 13.2. The third-order valence-electron chi connectivity index (χ3n) is 4.85. The first-order valence-electron chi connectivity index (χ1n) is 9.30. The van der Waals surface area contributed by atoms with Gasteiger partial charge in [0.25, 0.3) is 15.9 Å². The average molecular weight is 412 g/mol. The number of fused-ring (bicyclic) bond motifs is 1. The molecule has 2 aromatic carbocycles. The normalized spacial score (nSPS) is 18.3. The van der Waals surface area contributed by atoms with Gasteiger partial charge in [-0.25, -0.2) is 8.42 Å². The minimum Gasteiger partial charge on any atom is -0.339 e. The van der Waals surface area contributed by atoms with Crippen molar-refractivity contribution in [1.82, 2.24) is 9.62 Å². The van der Waals surface area contributed by atoms with Crippen LogP contribution >= 0.6 is 0 Å². The van der Waals surface area contributed by atoms with E-state index >= 15 is 0 Å². The zero-order valence-corrected chi connectivity index (χ0v) is 16.4. The molecule has 0 atom stereocenters. The van der Waals surface area contributed by atoms with Crippen LogP contribution in [0.25, 0.3) is 0 Å². The lowest BCUT2D eigenvalue weighted by atomic mass is 10.2. The Morgan fingerprint density at radius 2 is 1.72 bits per heavy atom. The molecule has 29 heavy (non-hydrogen) atoms. The van der Waals surface area contributed by atoms with Gasteiger partial charge >= 0.3 is 0 Å². The van der Waals surface area contributed by atoms with Gasteiger partial charge in [0, 0.05) is 29.9 Å². The largest absolute Gasteiger partial charge is 0.339 e. The monoisotopic (exact) mass is 412 g/mol. The fourth-order valence-electron chi connectivity index (χ4n) is 3.40. The number of amides is 2. The van der Waals surface area contributed by atoms with E-state index in [0.29, 0.717) is 16.8 Å². The average Bonchev–Trinajstić information content (AvgIpc) is 3.34. The van der Waals surface area contributed by atoms with Gasteiger partial charge in [0.15, 0.2) is 0 Å². The molecule has 1 saturated heterocycles. The molecule has 9 heteroatoms. The van der Waals surface area contributed by atoms with Crippen LogP contribution in [-0.4, -0.2) is 50.6 Å². The zero-order valence-electron chi connectivity index (χ0n) is 15.6. The lowest BCUT2D eigenvalue weighted by molar-refractivity contribution is -0.114. The second kappa shape index (κ2) is 7.67. The van der Waals surface area contributed by atoms with Crippen molar-refractivity contribution in [3.05, 3.63) is 59.7 Å². The molecule has 1 fully saturated rings. The zero-order chi connectivity index (χ0) is 20.4. The van der Waals surface area contributed by atoms with E-state index in [1.54, 1.807) is 42.5 Å². The third-order valence-corrected chi connectivity index (χ3v) is 6.25. The quantitative estimate of drug-likeness (QED) is 0.795. The highest BCUT2D eigenvalue weighted by Crippen LogP contribution is 2.22. The summed E-state index contributed by atoms with van der Waals surface area (Å²) in [4.78, 5) is 30.6. The minimum atomic E-state index is -3.63. The van der Waals surface area contributed by atoms with Crippen LogP contribution in [0.4, 0.5) is 5.69 Å². The number of carbonyl (C=O) groups excluding carboxylic acids is 2. The van der Waals surface area contributed by atoms with Crippen LogP contribution in [0.1, 0.15) is 28.8 Å². The van der Waals surface area contributed by atoms with Gasteiger partial charge in [0.2, 0.25) is 5.91 Å². The number of rotatable bonds is 4. The Kier molecular flexibility index (Phi) is 5.06. The highest BCUT2D eigenvalue weighted by atomic mass is 32.2. The van der Waals surface area contributed by atoms with Gasteiger partial charge in [0.05, 0.1) is 4.90 Å². The van der Waals surface area contributed by atoms with E-state index in [4.69, 9.17) is 0 Å². The number of carbonyl (C=O) groups is 2. The van der Waals surface area contributed by atoms with Crippen molar-refractivity contribution in [3.8, 4) is 0 Å². The number of aliphatic imine (C=N–C) groups is 1. The van der Waals surface area contributed by atoms with Crippen LogP contribution in [0.15, 0.2) is 58.4 Å². The Morgan fingerprint density at radius 3 is 2.45 bits per heavy atom. The molecule has 150 valence electrons. The Morgan fingerprint density at radius 1 is 1.03 bits per heavy atom. The minimum absolute atomic E-state index is 0.000964. The van der Waals surface area contributed by atoms with Crippen molar-refractivity contribution in [3.63, 3.8) is 0 Å². The van der Waals surface area contributed by atoms with Crippen molar-refractivity contribution in [2.24, 2.45) is 4.99 Å². The molecule has 8 nitrogen and oxygen atoms in total. The van der Waals surface area contributed by atoms with Crippen molar-refractivity contribution in [2.45, 2.75) is 17.7 Å². The van der Waals surface area contributed by atoms with Gasteiger partial charge in [-0.15, -0.1) is 0 Å². The van der Waals surface area contributed by atoms with Crippen LogP contribution in [0, 0.1) is 0 Å². The lowest BCUT2D eigenvalue weighted by Crippen LogP contribution is -2.27. The maximum atomic E-state index is 12.3. The number of nitrogens with one attached hydrogen (secondary N) is 2. The number of amidine groups is 1. The summed E-state index contributed by atoms with van der Waals surface area (Å²) in [5.41, 5.74) is 1.58. The highest BCUT2D eigenvalue weighted by molar-refractivity contribution is 7.90. The second-order valence-electron chi connectivity index (χ2n) is 6.89. The predicted molar refractivity (Wildman–Crippen MR) is 108 cm³/mol. The lowest BCUT2D eigenvalue weighted by Gasteiger charge is -2.15. The number of nitrogens with zero attached hydrogens (tertiary/aromatic N) is 2. The molecule has 2 N–H and O–H groups in total. The molecule has 0 unspecified atom stereocenters. The Labute approximate surface area is 168 Å². The van der Waals surface area contributed by atoms with Crippen LogP contribution < -0.4 is 10.0 Å². The SMILES string of the molecule is O=C(CN=C1NS(=O)(=O)c2ccccc21)Nc1ccc(C(=O)N2CCCC2)cc1. The summed E-state index contributed by atoms with van der Waals surface area (Å²) < 4.78 is 26.5. The molecule has 2 aromatic rings. The molecule has 2 aliphatic heterocycles. The number of hydrogen-bond donors (Lipinski definition) is 2. The third kappa shape index (κ3) is 4.00. The van der Waals surface area contributed by atoms with Gasteiger partial charge < -0.3 is 10.2 Å². The molecule has 0 spiro atoms. The molecule has 2 heterocycles. The summed E-state index contributed by atoms with van der Waals surface area (Å²) in [6.45, 7) is 1.33. The van der Waals surface area contributed by atoms with Crippen molar-refractivity contribution in [1.29, 1.82) is 0 Å². The topological polar surface area (TPSA) is 108 Å². The van der Waals surface area contributed by atoms with E-state index in [-0.39, 0.29) is 29.1 Å². The number of likely N-dealkylation sites (tertiary alicyclic amines) is 1. The Balaban J connectivity index is 1.39. The van der Waals surface area contributed by atoms with Crippen molar-refractivity contribution in [2.75, 3.05) is 25.0 Å². The van der Waals surface area contributed by atoms with E-state index < -0.39 is 10.0 Å².